The van der Waals surface area contributed by atoms with Crippen molar-refractivity contribution in [3.8, 4) is 5.75 Å². The van der Waals surface area contributed by atoms with Crippen molar-refractivity contribution >= 4 is 23.2 Å². The van der Waals surface area contributed by atoms with Crippen molar-refractivity contribution in [2.24, 2.45) is 0 Å². The van der Waals surface area contributed by atoms with Gasteiger partial charge in [0.2, 0.25) is 0 Å². The molecule has 0 saturated heterocycles. The summed E-state index contributed by atoms with van der Waals surface area (Å²) in [6.07, 6.45) is 0. The Hall–Kier alpha value is -1.36. The van der Waals surface area contributed by atoms with Crippen molar-refractivity contribution in [3.63, 3.8) is 0 Å². The molecular weight excluding hydrogens is 319 g/mol. The van der Waals surface area contributed by atoms with Crippen molar-refractivity contribution in [2.45, 2.75) is 6.04 Å². The van der Waals surface area contributed by atoms with Crippen molar-refractivity contribution in [2.75, 3.05) is 14.2 Å². The smallest absolute Gasteiger partial charge is 0.160 e. The third-order valence-electron chi connectivity index (χ3n) is 3.15. The number of rotatable bonds is 4. The first-order valence-corrected chi connectivity index (χ1v) is 6.88. The second-order valence-electron chi connectivity index (χ2n) is 4.40. The molecule has 2 nitrogen and oxygen atoms in total. The minimum absolute atomic E-state index is 0.130. The molecule has 1 N–H and O–H groups in total. The van der Waals surface area contributed by atoms with Gasteiger partial charge in [-0.1, -0.05) is 29.3 Å². The number of hydrogen-bond acceptors (Lipinski definition) is 2. The summed E-state index contributed by atoms with van der Waals surface area (Å²) >= 11 is 12.0. The van der Waals surface area contributed by atoms with Crippen LogP contribution in [0.5, 0.6) is 5.75 Å². The molecule has 0 radical (unpaired) electrons. The van der Waals surface area contributed by atoms with Gasteiger partial charge in [-0.05, 0) is 36.9 Å². The molecule has 0 heterocycles. The van der Waals surface area contributed by atoms with Gasteiger partial charge in [0.1, 0.15) is 5.75 Å². The largest absolute Gasteiger partial charge is 0.496 e. The lowest BCUT2D eigenvalue weighted by Gasteiger charge is -2.21. The fourth-order valence-electron chi connectivity index (χ4n) is 2.16. The summed E-state index contributed by atoms with van der Waals surface area (Å²) in [5.41, 5.74) is 1.14. The van der Waals surface area contributed by atoms with Gasteiger partial charge in [0, 0.05) is 15.6 Å². The molecule has 1 unspecified atom stereocenters. The maximum Gasteiger partial charge on any atom is 0.160 e. The summed E-state index contributed by atoms with van der Waals surface area (Å²) in [7, 11) is 3.20. The molecule has 1 atom stereocenters. The molecule has 0 aliphatic carbocycles. The van der Waals surface area contributed by atoms with Crippen LogP contribution in [0.15, 0.2) is 30.3 Å². The Morgan fingerprint density at radius 1 is 1.05 bits per heavy atom. The van der Waals surface area contributed by atoms with E-state index in [1.54, 1.807) is 25.2 Å². The van der Waals surface area contributed by atoms with Crippen LogP contribution in [0.3, 0.4) is 0 Å². The molecule has 2 aromatic carbocycles. The summed E-state index contributed by atoms with van der Waals surface area (Å²) in [5.74, 6) is -1.41. The Bertz CT molecular complexity index is 664. The zero-order valence-electron chi connectivity index (χ0n) is 11.4. The summed E-state index contributed by atoms with van der Waals surface area (Å²) in [5, 5.41) is 3.67. The van der Waals surface area contributed by atoms with Gasteiger partial charge in [-0.25, -0.2) is 8.78 Å². The number of nitrogens with one attached hydrogen (secondary N) is 1. The molecule has 2 aromatic rings. The average Bonchev–Trinajstić information content (AvgIpc) is 2.46. The van der Waals surface area contributed by atoms with E-state index in [4.69, 9.17) is 27.9 Å². The fourth-order valence-corrected chi connectivity index (χ4v) is 2.58. The first kappa shape index (κ1) is 16.0. The lowest BCUT2D eigenvalue weighted by atomic mass is 9.97. The maximum absolute atomic E-state index is 13.5. The highest BCUT2D eigenvalue weighted by Gasteiger charge is 2.21. The van der Waals surface area contributed by atoms with Crippen LogP contribution in [0.4, 0.5) is 8.78 Å². The molecule has 0 aromatic heterocycles. The van der Waals surface area contributed by atoms with Crippen LogP contribution in [0.25, 0.3) is 0 Å². The van der Waals surface area contributed by atoms with Crippen molar-refractivity contribution < 1.29 is 13.5 Å². The molecule has 0 fully saturated rings. The van der Waals surface area contributed by atoms with Gasteiger partial charge < -0.3 is 10.1 Å². The van der Waals surface area contributed by atoms with E-state index < -0.39 is 17.7 Å². The molecule has 0 bridgehead atoms. The first-order chi connectivity index (χ1) is 9.97. The van der Waals surface area contributed by atoms with Crippen LogP contribution in [0.2, 0.25) is 10.0 Å². The molecule has 0 aliphatic rings. The van der Waals surface area contributed by atoms with Crippen LogP contribution < -0.4 is 10.1 Å². The molecule has 0 aliphatic heterocycles. The fraction of sp³-hybridized carbons (Fsp3) is 0.200. The van der Waals surface area contributed by atoms with Gasteiger partial charge in [0.25, 0.3) is 0 Å². The molecule has 0 spiro atoms. The number of benzene rings is 2. The summed E-state index contributed by atoms with van der Waals surface area (Å²) < 4.78 is 32.0. The standard InChI is InChI=1S/C15H13Cl2F2NO/c1-20-15(9-4-3-8(16)5-14(9)21-2)10-6-12(18)13(19)7-11(10)17/h3-7,15,20H,1-2H3. The van der Waals surface area contributed by atoms with E-state index in [-0.39, 0.29) is 5.02 Å². The molecule has 0 saturated carbocycles. The molecule has 21 heavy (non-hydrogen) atoms. The minimum atomic E-state index is -0.985. The van der Waals surface area contributed by atoms with E-state index in [1.165, 1.54) is 7.11 Å². The number of ether oxygens (including phenoxy) is 1. The average molecular weight is 332 g/mol. The highest BCUT2D eigenvalue weighted by Crippen LogP contribution is 2.35. The Morgan fingerprint density at radius 2 is 1.71 bits per heavy atom. The predicted octanol–water partition coefficient (Wildman–Crippen LogP) is 4.59. The maximum atomic E-state index is 13.5. The lowest BCUT2D eigenvalue weighted by molar-refractivity contribution is 0.405. The van der Waals surface area contributed by atoms with Gasteiger partial charge in [-0.15, -0.1) is 0 Å². The Kier molecular flexibility index (Phi) is 5.04. The Labute approximate surface area is 131 Å². The summed E-state index contributed by atoms with van der Waals surface area (Å²) in [4.78, 5) is 0. The van der Waals surface area contributed by atoms with Gasteiger partial charge in [-0.3, -0.25) is 0 Å². The van der Waals surface area contributed by atoms with Crippen molar-refractivity contribution in [1.29, 1.82) is 0 Å². The summed E-state index contributed by atoms with van der Waals surface area (Å²) in [6, 6.07) is 6.66. The zero-order chi connectivity index (χ0) is 15.6. The van der Waals surface area contributed by atoms with Crippen LogP contribution in [0.1, 0.15) is 17.2 Å². The van der Waals surface area contributed by atoms with Crippen LogP contribution in [-0.4, -0.2) is 14.2 Å². The van der Waals surface area contributed by atoms with Crippen LogP contribution >= 0.6 is 23.2 Å². The van der Waals surface area contributed by atoms with Crippen molar-refractivity contribution in [1.82, 2.24) is 5.32 Å². The minimum Gasteiger partial charge on any atom is -0.496 e. The quantitative estimate of drug-likeness (QED) is 0.827. The van der Waals surface area contributed by atoms with Gasteiger partial charge in [0.05, 0.1) is 13.2 Å². The third kappa shape index (κ3) is 3.28. The normalized spacial score (nSPS) is 12.3. The molecule has 112 valence electrons. The van der Waals surface area contributed by atoms with E-state index in [0.29, 0.717) is 16.3 Å². The van der Waals surface area contributed by atoms with E-state index in [0.717, 1.165) is 17.7 Å². The van der Waals surface area contributed by atoms with E-state index in [2.05, 4.69) is 5.32 Å². The Balaban J connectivity index is 2.57. The predicted molar refractivity (Wildman–Crippen MR) is 80.3 cm³/mol. The van der Waals surface area contributed by atoms with Gasteiger partial charge in [0.15, 0.2) is 11.6 Å². The first-order valence-electron chi connectivity index (χ1n) is 6.13. The van der Waals surface area contributed by atoms with E-state index in [1.807, 2.05) is 0 Å². The monoisotopic (exact) mass is 331 g/mol. The third-order valence-corrected chi connectivity index (χ3v) is 3.71. The lowest BCUT2D eigenvalue weighted by Crippen LogP contribution is -2.19. The van der Waals surface area contributed by atoms with Crippen molar-refractivity contribution in [3.05, 3.63) is 63.1 Å². The number of methoxy groups -OCH3 is 1. The molecule has 2 rings (SSSR count). The van der Waals surface area contributed by atoms with Gasteiger partial charge in [-0.2, -0.15) is 0 Å². The Morgan fingerprint density at radius 3 is 2.33 bits per heavy atom. The SMILES string of the molecule is CNC(c1cc(F)c(F)cc1Cl)c1ccc(Cl)cc1OC. The van der Waals surface area contributed by atoms with E-state index in [9.17, 15) is 8.78 Å². The topological polar surface area (TPSA) is 21.3 Å². The second-order valence-corrected chi connectivity index (χ2v) is 5.24. The van der Waals surface area contributed by atoms with Crippen LogP contribution in [-0.2, 0) is 0 Å². The molecule has 0 amide bonds. The summed E-state index contributed by atoms with van der Waals surface area (Å²) in [6.45, 7) is 0. The molecular formula is C15H13Cl2F2NO. The molecule has 6 heteroatoms. The number of hydrogen-bond donors (Lipinski definition) is 1. The van der Waals surface area contributed by atoms with Gasteiger partial charge >= 0.3 is 0 Å². The highest BCUT2D eigenvalue weighted by molar-refractivity contribution is 6.31. The second kappa shape index (κ2) is 6.60. The van der Waals surface area contributed by atoms with Crippen LogP contribution in [0, 0.1) is 11.6 Å². The zero-order valence-corrected chi connectivity index (χ0v) is 12.9. The number of halogens is 4. The van der Waals surface area contributed by atoms with E-state index >= 15 is 0 Å². The highest BCUT2D eigenvalue weighted by atomic mass is 35.5.